The van der Waals surface area contributed by atoms with Gasteiger partial charge >= 0.3 is 0 Å². The van der Waals surface area contributed by atoms with Crippen LogP contribution in [0.5, 0.6) is 0 Å². The van der Waals surface area contributed by atoms with Crippen molar-refractivity contribution in [3.63, 3.8) is 0 Å². The minimum absolute atomic E-state index is 0.00865. The third-order valence-electron chi connectivity index (χ3n) is 4.69. The van der Waals surface area contributed by atoms with Crippen LogP contribution >= 0.6 is 11.5 Å². The van der Waals surface area contributed by atoms with Gasteiger partial charge in [0.05, 0.1) is 12.3 Å². The number of hydrogen-bond donors (Lipinski definition) is 3. The van der Waals surface area contributed by atoms with Crippen molar-refractivity contribution in [2.45, 2.75) is 19.5 Å². The molecule has 0 aromatic carbocycles. The molecule has 0 aliphatic carbocycles. The molecule has 3 aromatic rings. The molecule has 11 nitrogen and oxygen atoms in total. The normalized spacial score (nSPS) is 11.7. The molecule has 12 heteroatoms. The van der Waals surface area contributed by atoms with Crippen molar-refractivity contribution in [2.24, 2.45) is 5.73 Å². The van der Waals surface area contributed by atoms with Gasteiger partial charge in [-0.25, -0.2) is 0 Å². The summed E-state index contributed by atoms with van der Waals surface area (Å²) in [7, 11) is 1.51. The largest absolute Gasteiger partial charge is 0.464 e. The SMILES string of the molecule is COCCNC(=O)[C@@H](c1ccc(C)o1)N(Cc1cccnc1)C(=O)c1snc(C(N)=O)c1N. The summed E-state index contributed by atoms with van der Waals surface area (Å²) < 4.78 is 14.6. The molecule has 0 spiro atoms. The standard InChI is InChI=1S/C21H24N6O5S/c1-12-5-6-14(32-12)17(20(29)25-8-9-31-2)27(11-13-4-3-7-24-10-13)21(30)18-15(22)16(19(23)28)26-33-18/h3-7,10,17H,8-9,11,22H2,1-2H3,(H2,23,28)(H,25,29)/t17-/m1/s1. The third kappa shape index (κ3) is 5.54. The lowest BCUT2D eigenvalue weighted by molar-refractivity contribution is -0.126. The number of ether oxygens (including phenoxy) is 1. The van der Waals surface area contributed by atoms with Crippen LogP contribution in [-0.4, -0.2) is 52.2 Å². The van der Waals surface area contributed by atoms with E-state index in [1.54, 1.807) is 43.6 Å². The maximum Gasteiger partial charge on any atom is 0.270 e. The zero-order valence-corrected chi connectivity index (χ0v) is 18.9. The maximum absolute atomic E-state index is 13.7. The van der Waals surface area contributed by atoms with Crippen molar-refractivity contribution < 1.29 is 23.5 Å². The Hall–Kier alpha value is -3.77. The van der Waals surface area contributed by atoms with Gasteiger partial charge in [0.15, 0.2) is 11.7 Å². The van der Waals surface area contributed by atoms with Crippen molar-refractivity contribution in [3.8, 4) is 0 Å². The molecule has 3 rings (SSSR count). The van der Waals surface area contributed by atoms with Gasteiger partial charge in [-0.1, -0.05) is 6.07 Å². The van der Waals surface area contributed by atoms with E-state index in [9.17, 15) is 14.4 Å². The first-order valence-corrected chi connectivity index (χ1v) is 10.7. The van der Waals surface area contributed by atoms with Crippen LogP contribution in [-0.2, 0) is 16.1 Å². The quantitative estimate of drug-likeness (QED) is 0.371. The highest BCUT2D eigenvalue weighted by Crippen LogP contribution is 2.31. The molecule has 0 bridgehead atoms. The van der Waals surface area contributed by atoms with Crippen LogP contribution in [0.25, 0.3) is 0 Å². The summed E-state index contributed by atoms with van der Waals surface area (Å²) in [5, 5.41) is 2.75. The monoisotopic (exact) mass is 472 g/mol. The first-order chi connectivity index (χ1) is 15.8. The number of amides is 3. The van der Waals surface area contributed by atoms with Gasteiger partial charge in [-0.2, -0.15) is 4.37 Å². The lowest BCUT2D eigenvalue weighted by atomic mass is 10.1. The van der Waals surface area contributed by atoms with Crippen molar-refractivity contribution in [2.75, 3.05) is 26.0 Å². The van der Waals surface area contributed by atoms with Crippen molar-refractivity contribution in [1.82, 2.24) is 19.6 Å². The number of methoxy groups -OCH3 is 1. The molecule has 0 saturated carbocycles. The summed E-state index contributed by atoms with van der Waals surface area (Å²) >= 11 is 0.738. The van der Waals surface area contributed by atoms with Crippen LogP contribution in [0.15, 0.2) is 41.1 Å². The molecule has 0 fully saturated rings. The molecule has 3 aromatic heterocycles. The zero-order valence-electron chi connectivity index (χ0n) is 18.1. The number of hydrogen-bond acceptors (Lipinski definition) is 9. The number of nitrogen functional groups attached to an aromatic ring is 1. The second-order valence-corrected chi connectivity index (χ2v) is 7.84. The van der Waals surface area contributed by atoms with Crippen LogP contribution < -0.4 is 16.8 Å². The molecule has 0 unspecified atom stereocenters. The number of carbonyl (C=O) groups is 3. The second kappa shape index (κ2) is 10.7. The molecule has 0 aliphatic heterocycles. The molecule has 174 valence electrons. The Morgan fingerprint density at radius 2 is 2.09 bits per heavy atom. The highest BCUT2D eigenvalue weighted by Gasteiger charge is 2.36. The highest BCUT2D eigenvalue weighted by atomic mass is 32.1. The van der Waals surface area contributed by atoms with E-state index in [4.69, 9.17) is 20.6 Å². The average Bonchev–Trinajstić information content (AvgIpc) is 3.39. The second-order valence-electron chi connectivity index (χ2n) is 7.07. The van der Waals surface area contributed by atoms with Crippen LogP contribution in [0.1, 0.15) is 43.3 Å². The molecule has 1 atom stereocenters. The Morgan fingerprint density at radius 3 is 2.67 bits per heavy atom. The fourth-order valence-electron chi connectivity index (χ4n) is 3.13. The van der Waals surface area contributed by atoms with Gasteiger partial charge in [0.25, 0.3) is 17.7 Å². The van der Waals surface area contributed by atoms with E-state index >= 15 is 0 Å². The van der Waals surface area contributed by atoms with Gasteiger partial charge in [-0.3, -0.25) is 19.4 Å². The van der Waals surface area contributed by atoms with E-state index in [1.165, 1.54) is 12.0 Å². The number of aromatic nitrogens is 2. The van der Waals surface area contributed by atoms with Gasteiger partial charge in [-0.05, 0) is 42.2 Å². The van der Waals surface area contributed by atoms with Gasteiger partial charge in [0, 0.05) is 32.6 Å². The minimum Gasteiger partial charge on any atom is -0.464 e. The first-order valence-electron chi connectivity index (χ1n) is 9.91. The van der Waals surface area contributed by atoms with Gasteiger partial charge < -0.3 is 30.8 Å². The number of nitrogens with zero attached hydrogens (tertiary/aromatic N) is 3. The zero-order chi connectivity index (χ0) is 24.0. The molecule has 0 saturated heterocycles. The van der Waals surface area contributed by atoms with Gasteiger partial charge in [0.1, 0.15) is 16.4 Å². The minimum atomic E-state index is -1.14. The molecule has 3 amide bonds. The van der Waals surface area contributed by atoms with Gasteiger partial charge in [-0.15, -0.1) is 0 Å². The third-order valence-corrected chi connectivity index (χ3v) is 5.54. The Kier molecular flexibility index (Phi) is 7.74. The van der Waals surface area contributed by atoms with Gasteiger partial charge in [0.2, 0.25) is 0 Å². The van der Waals surface area contributed by atoms with E-state index < -0.39 is 23.8 Å². The van der Waals surface area contributed by atoms with E-state index in [1.807, 2.05) is 0 Å². The van der Waals surface area contributed by atoms with Crippen molar-refractivity contribution in [1.29, 1.82) is 0 Å². The average molecular weight is 473 g/mol. The number of rotatable bonds is 10. The number of anilines is 1. The fraction of sp³-hybridized carbons (Fsp3) is 0.286. The summed E-state index contributed by atoms with van der Waals surface area (Å²) in [4.78, 5) is 43.9. The van der Waals surface area contributed by atoms with E-state index in [-0.39, 0.29) is 41.7 Å². The Balaban J connectivity index is 2.06. The Labute approximate surface area is 193 Å². The smallest absolute Gasteiger partial charge is 0.270 e. The first kappa shape index (κ1) is 23.9. The number of primary amides is 1. The topological polar surface area (TPSA) is 167 Å². The number of aryl methyl sites for hydroxylation is 1. The number of carbonyl (C=O) groups excluding carboxylic acids is 3. The number of nitrogens with two attached hydrogens (primary N) is 2. The Morgan fingerprint density at radius 1 is 1.30 bits per heavy atom. The summed E-state index contributed by atoms with van der Waals surface area (Å²) in [6.07, 6.45) is 3.18. The lowest BCUT2D eigenvalue weighted by Crippen LogP contribution is -2.44. The molecule has 0 radical (unpaired) electrons. The van der Waals surface area contributed by atoms with E-state index in [0.717, 1.165) is 11.5 Å². The van der Waals surface area contributed by atoms with Crippen LogP contribution in [0.2, 0.25) is 0 Å². The van der Waals surface area contributed by atoms with E-state index in [0.29, 0.717) is 11.3 Å². The fourth-order valence-corrected chi connectivity index (χ4v) is 3.89. The maximum atomic E-state index is 13.7. The summed E-state index contributed by atoms with van der Waals surface area (Å²) in [6.45, 7) is 2.26. The molecule has 0 aliphatic rings. The predicted molar refractivity (Wildman–Crippen MR) is 120 cm³/mol. The molecule has 33 heavy (non-hydrogen) atoms. The predicted octanol–water partition coefficient (Wildman–Crippen LogP) is 1.27. The molecular formula is C21H24N6O5S. The summed E-state index contributed by atoms with van der Waals surface area (Å²) in [5.74, 6) is -1.10. The van der Waals surface area contributed by atoms with E-state index in [2.05, 4.69) is 14.7 Å². The molecule has 3 heterocycles. The van der Waals surface area contributed by atoms with Crippen molar-refractivity contribution in [3.05, 3.63) is 64.3 Å². The van der Waals surface area contributed by atoms with Crippen LogP contribution in [0.3, 0.4) is 0 Å². The summed E-state index contributed by atoms with van der Waals surface area (Å²) in [5.41, 5.74) is 11.6. The van der Waals surface area contributed by atoms with Crippen LogP contribution in [0, 0.1) is 6.92 Å². The molecule has 5 N–H and O–H groups in total. The number of nitrogens with one attached hydrogen (secondary N) is 1. The summed E-state index contributed by atoms with van der Waals surface area (Å²) in [6, 6.07) is 5.68. The van der Waals surface area contributed by atoms with Crippen molar-refractivity contribution >= 4 is 34.9 Å². The van der Waals surface area contributed by atoms with Crippen LogP contribution in [0.4, 0.5) is 5.69 Å². The lowest BCUT2D eigenvalue weighted by Gasteiger charge is -2.29. The number of furan rings is 1. The Bertz CT molecular complexity index is 1130. The molecular weight excluding hydrogens is 448 g/mol. The number of pyridine rings is 1. The highest BCUT2D eigenvalue weighted by molar-refractivity contribution is 7.09.